The van der Waals surface area contributed by atoms with E-state index >= 15 is 0 Å². The van der Waals surface area contributed by atoms with Gasteiger partial charge in [0, 0.05) is 0 Å². The van der Waals surface area contributed by atoms with Gasteiger partial charge >= 0.3 is 0 Å². The lowest BCUT2D eigenvalue weighted by Crippen LogP contribution is -2.39. The molecule has 2 rings (SSSR count). The van der Waals surface area contributed by atoms with E-state index in [4.69, 9.17) is 4.43 Å². The minimum absolute atomic E-state index is 1.05. The highest BCUT2D eigenvalue weighted by Gasteiger charge is 2.31. The van der Waals surface area contributed by atoms with E-state index in [2.05, 4.69) is 25.7 Å². The number of nitriles is 1. The molecule has 0 aliphatic rings. The molecule has 0 aliphatic heterocycles. The SMILES string of the molecule is C[Si](C)(C)OC(C#N)(/C=C/c1ccccc1)/C=C/c1ccccc1. The third-order valence-electron chi connectivity index (χ3n) is 3.30. The highest BCUT2D eigenvalue weighted by molar-refractivity contribution is 6.69. The first kappa shape index (κ1) is 17.9. The van der Waals surface area contributed by atoms with Crippen LogP contribution >= 0.6 is 0 Å². The van der Waals surface area contributed by atoms with Crippen molar-refractivity contribution >= 4 is 20.5 Å². The summed E-state index contributed by atoms with van der Waals surface area (Å²) in [5.74, 6) is 0. The summed E-state index contributed by atoms with van der Waals surface area (Å²) in [6, 6.07) is 22.2. The summed E-state index contributed by atoms with van der Waals surface area (Å²) >= 11 is 0. The molecule has 24 heavy (non-hydrogen) atoms. The number of rotatable bonds is 6. The normalized spacial score (nSPS) is 12.6. The van der Waals surface area contributed by atoms with Crippen LogP contribution in [-0.2, 0) is 4.43 Å². The van der Waals surface area contributed by atoms with Crippen molar-refractivity contribution in [3.8, 4) is 6.07 Å². The van der Waals surface area contributed by atoms with Crippen LogP contribution in [0.15, 0.2) is 72.8 Å². The molecule has 2 nitrogen and oxygen atoms in total. The van der Waals surface area contributed by atoms with Gasteiger partial charge < -0.3 is 4.43 Å². The average molecular weight is 334 g/mol. The highest BCUT2D eigenvalue weighted by Crippen LogP contribution is 2.23. The summed E-state index contributed by atoms with van der Waals surface area (Å²) in [7, 11) is -1.91. The minimum Gasteiger partial charge on any atom is -0.394 e. The summed E-state index contributed by atoms with van der Waals surface area (Å²) < 4.78 is 6.22. The van der Waals surface area contributed by atoms with Crippen molar-refractivity contribution in [2.45, 2.75) is 25.2 Å². The molecule has 0 N–H and O–H groups in total. The van der Waals surface area contributed by atoms with Gasteiger partial charge in [-0.3, -0.25) is 0 Å². The van der Waals surface area contributed by atoms with Gasteiger partial charge in [-0.2, -0.15) is 5.26 Å². The molecule has 0 aromatic heterocycles. The van der Waals surface area contributed by atoms with E-state index in [1.807, 2.05) is 85.0 Å². The van der Waals surface area contributed by atoms with Crippen molar-refractivity contribution in [3.63, 3.8) is 0 Å². The van der Waals surface area contributed by atoms with Crippen LogP contribution in [0.4, 0.5) is 0 Å². The monoisotopic (exact) mass is 333 g/mol. The smallest absolute Gasteiger partial charge is 0.186 e. The molecule has 2 aromatic rings. The second kappa shape index (κ2) is 7.92. The van der Waals surface area contributed by atoms with Crippen molar-refractivity contribution in [1.29, 1.82) is 5.26 Å². The Morgan fingerprint density at radius 1 is 0.833 bits per heavy atom. The highest BCUT2D eigenvalue weighted by atomic mass is 28.4. The van der Waals surface area contributed by atoms with Crippen LogP contribution in [-0.4, -0.2) is 13.9 Å². The third kappa shape index (κ3) is 5.66. The van der Waals surface area contributed by atoms with Gasteiger partial charge in [-0.15, -0.1) is 0 Å². The molecule has 122 valence electrons. The largest absolute Gasteiger partial charge is 0.394 e. The predicted molar refractivity (Wildman–Crippen MR) is 104 cm³/mol. The fourth-order valence-corrected chi connectivity index (χ4v) is 3.49. The van der Waals surface area contributed by atoms with E-state index in [1.54, 1.807) is 0 Å². The third-order valence-corrected chi connectivity index (χ3v) is 4.25. The van der Waals surface area contributed by atoms with Crippen molar-refractivity contribution in [1.82, 2.24) is 0 Å². The van der Waals surface area contributed by atoms with Gasteiger partial charge in [0.1, 0.15) is 6.07 Å². The summed E-state index contributed by atoms with van der Waals surface area (Å²) in [5.41, 5.74) is 1.03. The van der Waals surface area contributed by atoms with E-state index in [1.165, 1.54) is 0 Å². The molecule has 0 heterocycles. The molecule has 0 atom stereocenters. The topological polar surface area (TPSA) is 33.0 Å². The summed E-state index contributed by atoms with van der Waals surface area (Å²) in [6.07, 6.45) is 7.58. The van der Waals surface area contributed by atoms with Crippen LogP contribution in [0, 0.1) is 11.3 Å². The summed E-state index contributed by atoms with van der Waals surface area (Å²) in [6.45, 7) is 6.27. The Kier molecular flexibility index (Phi) is 5.92. The van der Waals surface area contributed by atoms with E-state index in [0.29, 0.717) is 0 Å². The van der Waals surface area contributed by atoms with Crippen LogP contribution in [0.25, 0.3) is 12.2 Å². The summed E-state index contributed by atoms with van der Waals surface area (Å²) in [4.78, 5) is 0. The first-order valence-corrected chi connectivity index (χ1v) is 11.4. The first-order chi connectivity index (χ1) is 11.4. The van der Waals surface area contributed by atoms with E-state index in [-0.39, 0.29) is 0 Å². The maximum absolute atomic E-state index is 9.84. The number of nitrogens with zero attached hydrogens (tertiary/aromatic N) is 1. The van der Waals surface area contributed by atoms with Gasteiger partial charge in [0.05, 0.1) is 0 Å². The zero-order chi connectivity index (χ0) is 17.5. The minimum atomic E-state index is -1.91. The number of hydrogen-bond donors (Lipinski definition) is 0. The lowest BCUT2D eigenvalue weighted by atomic mass is 10.0. The Morgan fingerprint density at radius 3 is 1.58 bits per heavy atom. The summed E-state index contributed by atoms with van der Waals surface area (Å²) in [5, 5.41) is 9.84. The second-order valence-corrected chi connectivity index (χ2v) is 11.0. The Bertz CT molecular complexity index is 687. The van der Waals surface area contributed by atoms with Crippen LogP contribution in [0.5, 0.6) is 0 Å². The first-order valence-electron chi connectivity index (χ1n) is 8.02. The van der Waals surface area contributed by atoms with E-state index < -0.39 is 13.9 Å². The Labute approximate surface area is 145 Å². The molecule has 3 heteroatoms. The predicted octanol–water partition coefficient (Wildman–Crippen LogP) is 5.53. The van der Waals surface area contributed by atoms with Crippen LogP contribution in [0.2, 0.25) is 19.6 Å². The fourth-order valence-electron chi connectivity index (χ4n) is 2.30. The lowest BCUT2D eigenvalue weighted by Gasteiger charge is -2.29. The number of hydrogen-bond acceptors (Lipinski definition) is 2. The lowest BCUT2D eigenvalue weighted by molar-refractivity contribution is 0.223. The van der Waals surface area contributed by atoms with E-state index in [9.17, 15) is 5.26 Å². The molecule has 0 aliphatic carbocycles. The molecule has 0 radical (unpaired) electrons. The Morgan fingerprint density at radius 2 is 1.25 bits per heavy atom. The fraction of sp³-hybridized carbons (Fsp3) is 0.190. The van der Waals surface area contributed by atoms with E-state index in [0.717, 1.165) is 11.1 Å². The maximum atomic E-state index is 9.84. The Balaban J connectivity index is 2.35. The van der Waals surface area contributed by atoms with Gasteiger partial charge in [0.2, 0.25) is 0 Å². The molecular formula is C21H23NOSi. The maximum Gasteiger partial charge on any atom is 0.186 e. The van der Waals surface area contributed by atoms with Gasteiger partial charge in [-0.05, 0) is 42.9 Å². The molecule has 0 unspecified atom stereocenters. The molecule has 0 amide bonds. The van der Waals surface area contributed by atoms with Crippen molar-refractivity contribution in [2.24, 2.45) is 0 Å². The molecule has 0 fully saturated rings. The quantitative estimate of drug-likeness (QED) is 0.651. The van der Waals surface area contributed by atoms with Crippen molar-refractivity contribution in [3.05, 3.63) is 83.9 Å². The zero-order valence-electron chi connectivity index (χ0n) is 14.4. The van der Waals surface area contributed by atoms with Gasteiger partial charge in [-0.1, -0.05) is 72.8 Å². The molecule has 0 saturated carbocycles. The molecule has 2 aromatic carbocycles. The molecule has 0 bridgehead atoms. The van der Waals surface area contributed by atoms with Gasteiger partial charge in [0.15, 0.2) is 13.9 Å². The number of benzene rings is 2. The second-order valence-electron chi connectivity index (χ2n) is 6.61. The zero-order valence-corrected chi connectivity index (χ0v) is 15.4. The van der Waals surface area contributed by atoms with Crippen LogP contribution in [0.1, 0.15) is 11.1 Å². The Hall–Kier alpha value is -2.41. The van der Waals surface area contributed by atoms with Crippen LogP contribution in [0.3, 0.4) is 0 Å². The molecular weight excluding hydrogens is 310 g/mol. The van der Waals surface area contributed by atoms with Crippen LogP contribution < -0.4 is 0 Å². The van der Waals surface area contributed by atoms with Gasteiger partial charge in [-0.25, -0.2) is 0 Å². The van der Waals surface area contributed by atoms with Gasteiger partial charge in [0.25, 0.3) is 0 Å². The molecule has 0 spiro atoms. The average Bonchev–Trinajstić information content (AvgIpc) is 2.58. The molecule has 0 saturated heterocycles. The van der Waals surface area contributed by atoms with Crippen molar-refractivity contribution in [2.75, 3.05) is 0 Å². The van der Waals surface area contributed by atoms with Crippen molar-refractivity contribution < 1.29 is 4.43 Å². The standard InChI is InChI=1S/C21H23NOSi/c1-24(2,3)23-21(18-22,16-14-19-10-6-4-7-11-19)17-15-20-12-8-5-9-13-20/h4-17H,1-3H3/b16-14+,17-15+.